The van der Waals surface area contributed by atoms with E-state index < -0.39 is 0 Å². The van der Waals surface area contributed by atoms with Gasteiger partial charge in [0.25, 0.3) is 11.8 Å². The standard InChI is InChI=1S/C21H25N3O2/c1-16-3-5-17(6-4-16)15-22-20(25)18-7-9-19(10-8-18)21(26)24-13-11-23(2)12-14-24/h3-10H,11-15H2,1-2H3,(H,22,25). The molecular weight excluding hydrogens is 326 g/mol. The second-order valence-electron chi connectivity index (χ2n) is 6.84. The summed E-state index contributed by atoms with van der Waals surface area (Å²) in [5.41, 5.74) is 3.45. The number of benzene rings is 2. The highest BCUT2D eigenvalue weighted by Crippen LogP contribution is 2.10. The number of nitrogens with one attached hydrogen (secondary N) is 1. The number of carbonyl (C=O) groups excluding carboxylic acids is 2. The van der Waals surface area contributed by atoms with E-state index in [1.54, 1.807) is 24.3 Å². The molecule has 1 fully saturated rings. The Kier molecular flexibility index (Phi) is 5.68. The molecule has 0 spiro atoms. The maximum Gasteiger partial charge on any atom is 0.253 e. The summed E-state index contributed by atoms with van der Waals surface area (Å²) in [5.74, 6) is -0.103. The zero-order chi connectivity index (χ0) is 18.5. The molecule has 5 nitrogen and oxygen atoms in total. The third-order valence-electron chi connectivity index (χ3n) is 4.76. The fourth-order valence-electron chi connectivity index (χ4n) is 2.95. The molecule has 2 aromatic carbocycles. The molecule has 0 atom stereocenters. The minimum absolute atomic E-state index is 0.0321. The number of rotatable bonds is 4. The first-order valence-corrected chi connectivity index (χ1v) is 8.94. The van der Waals surface area contributed by atoms with Gasteiger partial charge < -0.3 is 15.1 Å². The van der Waals surface area contributed by atoms with Gasteiger partial charge in [-0.2, -0.15) is 0 Å². The third kappa shape index (κ3) is 4.49. The largest absolute Gasteiger partial charge is 0.348 e. The summed E-state index contributed by atoms with van der Waals surface area (Å²) in [7, 11) is 2.06. The summed E-state index contributed by atoms with van der Waals surface area (Å²) in [6.45, 7) is 5.80. The van der Waals surface area contributed by atoms with Gasteiger partial charge in [-0.1, -0.05) is 29.8 Å². The summed E-state index contributed by atoms with van der Waals surface area (Å²) in [6.07, 6.45) is 0. The number of amides is 2. The normalized spacial score (nSPS) is 14.9. The zero-order valence-electron chi connectivity index (χ0n) is 15.4. The molecule has 0 aromatic heterocycles. The van der Waals surface area contributed by atoms with E-state index in [-0.39, 0.29) is 11.8 Å². The molecule has 0 radical (unpaired) electrons. The minimum atomic E-state index is -0.135. The summed E-state index contributed by atoms with van der Waals surface area (Å²) in [6, 6.07) is 15.0. The molecule has 136 valence electrons. The van der Waals surface area contributed by atoms with Gasteiger partial charge >= 0.3 is 0 Å². The van der Waals surface area contributed by atoms with E-state index in [4.69, 9.17) is 0 Å². The topological polar surface area (TPSA) is 52.7 Å². The SMILES string of the molecule is Cc1ccc(CNC(=O)c2ccc(C(=O)N3CCN(C)CC3)cc2)cc1. The van der Waals surface area contributed by atoms with E-state index >= 15 is 0 Å². The van der Waals surface area contributed by atoms with Crippen molar-refractivity contribution in [1.29, 1.82) is 0 Å². The van der Waals surface area contributed by atoms with Crippen molar-refractivity contribution in [2.24, 2.45) is 0 Å². The lowest BCUT2D eigenvalue weighted by atomic mass is 10.1. The zero-order valence-corrected chi connectivity index (χ0v) is 15.4. The molecule has 0 saturated carbocycles. The Labute approximate surface area is 154 Å². The van der Waals surface area contributed by atoms with Gasteiger partial charge in [0.05, 0.1) is 0 Å². The van der Waals surface area contributed by atoms with Crippen molar-refractivity contribution in [1.82, 2.24) is 15.1 Å². The van der Waals surface area contributed by atoms with Crippen LogP contribution in [0.1, 0.15) is 31.8 Å². The fraction of sp³-hybridized carbons (Fsp3) is 0.333. The Morgan fingerprint density at radius 1 is 0.885 bits per heavy atom. The molecule has 1 heterocycles. The molecule has 3 rings (SSSR count). The van der Waals surface area contributed by atoms with E-state index in [2.05, 4.69) is 17.3 Å². The second-order valence-corrected chi connectivity index (χ2v) is 6.84. The predicted octanol–water partition coefficient (Wildman–Crippen LogP) is 2.31. The van der Waals surface area contributed by atoms with Gasteiger partial charge in [-0.25, -0.2) is 0 Å². The average Bonchev–Trinajstić information content (AvgIpc) is 2.67. The number of hydrogen-bond donors (Lipinski definition) is 1. The molecular formula is C21H25N3O2. The molecule has 1 N–H and O–H groups in total. The third-order valence-corrected chi connectivity index (χ3v) is 4.76. The Hall–Kier alpha value is -2.66. The van der Waals surface area contributed by atoms with Crippen molar-refractivity contribution in [3.8, 4) is 0 Å². The maximum absolute atomic E-state index is 12.5. The van der Waals surface area contributed by atoms with Gasteiger partial charge in [0, 0.05) is 43.9 Å². The number of aryl methyl sites for hydroxylation is 1. The summed E-state index contributed by atoms with van der Waals surface area (Å²) in [5, 5.41) is 2.91. The average molecular weight is 351 g/mol. The van der Waals surface area contributed by atoms with Crippen molar-refractivity contribution in [2.45, 2.75) is 13.5 Å². The van der Waals surface area contributed by atoms with Crippen LogP contribution in [0.2, 0.25) is 0 Å². The highest BCUT2D eigenvalue weighted by Gasteiger charge is 2.20. The first kappa shape index (κ1) is 18.1. The van der Waals surface area contributed by atoms with Gasteiger partial charge in [0.2, 0.25) is 0 Å². The first-order valence-electron chi connectivity index (χ1n) is 8.94. The van der Waals surface area contributed by atoms with Crippen molar-refractivity contribution < 1.29 is 9.59 Å². The monoisotopic (exact) mass is 351 g/mol. The highest BCUT2D eigenvalue weighted by molar-refractivity contribution is 5.97. The summed E-state index contributed by atoms with van der Waals surface area (Å²) < 4.78 is 0. The number of piperazine rings is 1. The number of hydrogen-bond acceptors (Lipinski definition) is 3. The number of likely N-dealkylation sites (N-methyl/N-ethyl adjacent to an activating group) is 1. The molecule has 1 aliphatic heterocycles. The molecule has 0 unspecified atom stereocenters. The summed E-state index contributed by atoms with van der Waals surface area (Å²) in [4.78, 5) is 28.9. The maximum atomic E-state index is 12.5. The van der Waals surface area contributed by atoms with Gasteiger partial charge in [-0.15, -0.1) is 0 Å². The van der Waals surface area contributed by atoms with Crippen molar-refractivity contribution in [2.75, 3.05) is 33.2 Å². The van der Waals surface area contributed by atoms with E-state index in [1.807, 2.05) is 36.1 Å². The Balaban J connectivity index is 1.57. The Morgan fingerprint density at radius 2 is 1.46 bits per heavy atom. The lowest BCUT2D eigenvalue weighted by Crippen LogP contribution is -2.47. The van der Waals surface area contributed by atoms with Gasteiger partial charge in [0.1, 0.15) is 0 Å². The van der Waals surface area contributed by atoms with Crippen LogP contribution in [0, 0.1) is 6.92 Å². The Morgan fingerprint density at radius 3 is 2.08 bits per heavy atom. The van der Waals surface area contributed by atoms with E-state index in [0.29, 0.717) is 17.7 Å². The molecule has 2 amide bonds. The molecule has 0 aliphatic carbocycles. The lowest BCUT2D eigenvalue weighted by molar-refractivity contribution is 0.0663. The van der Waals surface area contributed by atoms with Crippen LogP contribution in [0.4, 0.5) is 0 Å². The van der Waals surface area contributed by atoms with Crippen LogP contribution in [0.5, 0.6) is 0 Å². The van der Waals surface area contributed by atoms with E-state index in [9.17, 15) is 9.59 Å². The van der Waals surface area contributed by atoms with Crippen LogP contribution >= 0.6 is 0 Å². The van der Waals surface area contributed by atoms with Crippen LogP contribution in [-0.4, -0.2) is 54.8 Å². The van der Waals surface area contributed by atoms with Crippen LogP contribution in [0.3, 0.4) is 0 Å². The quantitative estimate of drug-likeness (QED) is 0.920. The fourth-order valence-corrected chi connectivity index (χ4v) is 2.95. The molecule has 2 aromatic rings. The first-order chi connectivity index (χ1) is 12.5. The highest BCUT2D eigenvalue weighted by atomic mass is 16.2. The van der Waals surface area contributed by atoms with Crippen LogP contribution in [0.15, 0.2) is 48.5 Å². The van der Waals surface area contributed by atoms with Crippen LogP contribution in [-0.2, 0) is 6.54 Å². The minimum Gasteiger partial charge on any atom is -0.348 e. The van der Waals surface area contributed by atoms with Crippen LogP contribution in [0.25, 0.3) is 0 Å². The number of nitrogens with zero attached hydrogens (tertiary/aromatic N) is 2. The number of carbonyl (C=O) groups is 2. The van der Waals surface area contributed by atoms with E-state index in [0.717, 1.165) is 31.7 Å². The smallest absolute Gasteiger partial charge is 0.253 e. The molecule has 1 saturated heterocycles. The predicted molar refractivity (Wildman–Crippen MR) is 102 cm³/mol. The van der Waals surface area contributed by atoms with Crippen LogP contribution < -0.4 is 5.32 Å². The van der Waals surface area contributed by atoms with E-state index in [1.165, 1.54) is 5.56 Å². The summed E-state index contributed by atoms with van der Waals surface area (Å²) >= 11 is 0. The lowest BCUT2D eigenvalue weighted by Gasteiger charge is -2.32. The molecule has 0 bridgehead atoms. The van der Waals surface area contributed by atoms with Crippen molar-refractivity contribution >= 4 is 11.8 Å². The van der Waals surface area contributed by atoms with Crippen molar-refractivity contribution in [3.63, 3.8) is 0 Å². The Bertz CT molecular complexity index is 761. The van der Waals surface area contributed by atoms with Gasteiger partial charge in [0.15, 0.2) is 0 Å². The van der Waals surface area contributed by atoms with Gasteiger partial charge in [-0.3, -0.25) is 9.59 Å². The molecule has 26 heavy (non-hydrogen) atoms. The van der Waals surface area contributed by atoms with Crippen molar-refractivity contribution in [3.05, 3.63) is 70.8 Å². The second kappa shape index (κ2) is 8.15. The molecule has 5 heteroatoms. The van der Waals surface area contributed by atoms with Gasteiger partial charge in [-0.05, 0) is 43.8 Å². The molecule has 1 aliphatic rings.